The van der Waals surface area contributed by atoms with Gasteiger partial charge in [-0.15, -0.1) is 11.3 Å². The Bertz CT molecular complexity index is 966. The van der Waals surface area contributed by atoms with E-state index in [-0.39, 0.29) is 11.8 Å². The summed E-state index contributed by atoms with van der Waals surface area (Å²) in [6, 6.07) is 13.9. The van der Waals surface area contributed by atoms with Crippen LogP contribution in [0.25, 0.3) is 0 Å². The fourth-order valence-electron chi connectivity index (χ4n) is 4.69. The molecule has 0 spiro atoms. The molecule has 0 atom stereocenters. The van der Waals surface area contributed by atoms with Gasteiger partial charge >= 0.3 is 0 Å². The van der Waals surface area contributed by atoms with Crippen LogP contribution in [-0.2, 0) is 14.8 Å². The quantitative estimate of drug-likeness (QED) is 0.565. The van der Waals surface area contributed by atoms with Gasteiger partial charge in [-0.2, -0.15) is 0 Å². The molecule has 1 aliphatic carbocycles. The third-order valence-electron chi connectivity index (χ3n) is 6.76. The van der Waals surface area contributed by atoms with E-state index in [1.165, 1.54) is 17.0 Å². The number of para-hydroxylation sites is 1. The summed E-state index contributed by atoms with van der Waals surface area (Å²) in [7, 11) is -3.41. The summed E-state index contributed by atoms with van der Waals surface area (Å²) in [6.45, 7) is 6.06. The molecule has 7 nitrogen and oxygen atoms in total. The number of carbonyl (C=O) groups is 1. The van der Waals surface area contributed by atoms with E-state index < -0.39 is 10.0 Å². The lowest BCUT2D eigenvalue weighted by Crippen LogP contribution is -2.48. The second kappa shape index (κ2) is 11.5. The van der Waals surface area contributed by atoms with Crippen molar-refractivity contribution in [2.75, 3.05) is 50.7 Å². The van der Waals surface area contributed by atoms with E-state index in [1.807, 2.05) is 6.07 Å². The summed E-state index contributed by atoms with van der Waals surface area (Å²) in [5, 5.41) is 4.89. The van der Waals surface area contributed by atoms with Gasteiger partial charge in [-0.05, 0) is 55.2 Å². The zero-order valence-corrected chi connectivity index (χ0v) is 20.6. The number of piperazine rings is 1. The van der Waals surface area contributed by atoms with Gasteiger partial charge < -0.3 is 10.2 Å². The third kappa shape index (κ3) is 6.79. The number of sulfonamides is 1. The van der Waals surface area contributed by atoms with Crippen LogP contribution in [0.5, 0.6) is 0 Å². The van der Waals surface area contributed by atoms with E-state index in [0.29, 0.717) is 23.2 Å². The van der Waals surface area contributed by atoms with Crippen LogP contribution in [-0.4, -0.2) is 65.0 Å². The largest absolute Gasteiger partial charge is 0.369 e. The number of rotatable bonds is 9. The van der Waals surface area contributed by atoms with Crippen molar-refractivity contribution in [1.29, 1.82) is 0 Å². The molecule has 2 aliphatic rings. The highest BCUT2D eigenvalue weighted by Crippen LogP contribution is 2.29. The molecule has 1 amide bonds. The van der Waals surface area contributed by atoms with E-state index in [0.717, 1.165) is 58.4 Å². The van der Waals surface area contributed by atoms with Gasteiger partial charge in [0.15, 0.2) is 0 Å². The van der Waals surface area contributed by atoms with E-state index in [1.54, 1.807) is 17.5 Å². The minimum Gasteiger partial charge on any atom is -0.369 e. The van der Waals surface area contributed by atoms with Crippen molar-refractivity contribution < 1.29 is 13.2 Å². The summed E-state index contributed by atoms with van der Waals surface area (Å²) >= 11 is 1.23. The summed E-state index contributed by atoms with van der Waals surface area (Å²) in [6.07, 6.45) is 3.42. The van der Waals surface area contributed by atoms with Gasteiger partial charge in [-0.3, -0.25) is 9.69 Å². The minimum atomic E-state index is -3.41. The SMILES string of the molecule is O=C(NCCN1CCN(c2ccccc2)CC1)C1CCC(CNS(=O)(=O)c2cccs2)CC1. The molecule has 2 fully saturated rings. The van der Waals surface area contributed by atoms with Crippen molar-refractivity contribution in [3.8, 4) is 0 Å². The first-order chi connectivity index (χ1) is 16.0. The Balaban J connectivity index is 1.10. The van der Waals surface area contributed by atoms with Gasteiger partial charge in [0.1, 0.15) is 4.21 Å². The Kier molecular flexibility index (Phi) is 8.40. The highest BCUT2D eigenvalue weighted by atomic mass is 32.2. The Morgan fingerprint density at radius 3 is 2.36 bits per heavy atom. The molecule has 0 unspecified atom stereocenters. The average Bonchev–Trinajstić information content (AvgIpc) is 3.40. The molecule has 1 aromatic carbocycles. The number of benzene rings is 1. The lowest BCUT2D eigenvalue weighted by atomic mass is 9.81. The zero-order chi connectivity index (χ0) is 23.1. The molecule has 1 aromatic heterocycles. The normalized spacial score (nSPS) is 22.2. The lowest BCUT2D eigenvalue weighted by molar-refractivity contribution is -0.126. The fraction of sp³-hybridized carbons (Fsp3) is 0.542. The van der Waals surface area contributed by atoms with Crippen LogP contribution in [0.1, 0.15) is 25.7 Å². The monoisotopic (exact) mass is 490 g/mol. The van der Waals surface area contributed by atoms with Crippen molar-refractivity contribution >= 4 is 33.0 Å². The van der Waals surface area contributed by atoms with E-state index in [2.05, 4.69) is 44.1 Å². The van der Waals surface area contributed by atoms with Crippen LogP contribution in [0.15, 0.2) is 52.1 Å². The van der Waals surface area contributed by atoms with Crippen molar-refractivity contribution in [3.05, 3.63) is 47.8 Å². The van der Waals surface area contributed by atoms with Gasteiger partial charge in [0.2, 0.25) is 15.9 Å². The van der Waals surface area contributed by atoms with Crippen molar-refractivity contribution in [2.24, 2.45) is 11.8 Å². The fourth-order valence-corrected chi connectivity index (χ4v) is 6.85. The smallest absolute Gasteiger partial charge is 0.250 e. The zero-order valence-electron chi connectivity index (χ0n) is 19.0. The predicted molar refractivity (Wildman–Crippen MR) is 133 cm³/mol. The van der Waals surface area contributed by atoms with Crippen LogP contribution in [0.2, 0.25) is 0 Å². The Hall–Kier alpha value is -1.94. The maximum atomic E-state index is 12.6. The molecular weight excluding hydrogens is 456 g/mol. The van der Waals surface area contributed by atoms with E-state index in [9.17, 15) is 13.2 Å². The van der Waals surface area contributed by atoms with Crippen LogP contribution in [0.4, 0.5) is 5.69 Å². The summed E-state index contributed by atoms with van der Waals surface area (Å²) in [4.78, 5) is 17.4. The maximum absolute atomic E-state index is 12.6. The Morgan fingerprint density at radius 1 is 0.970 bits per heavy atom. The van der Waals surface area contributed by atoms with Crippen LogP contribution < -0.4 is 14.9 Å². The molecule has 2 heterocycles. The number of carbonyl (C=O) groups excluding carboxylic acids is 1. The van der Waals surface area contributed by atoms with Gasteiger partial charge in [0, 0.05) is 57.4 Å². The van der Waals surface area contributed by atoms with Crippen LogP contribution in [0.3, 0.4) is 0 Å². The molecule has 180 valence electrons. The molecule has 0 radical (unpaired) electrons. The molecule has 1 saturated carbocycles. The molecule has 1 aliphatic heterocycles. The number of nitrogens with zero attached hydrogens (tertiary/aromatic N) is 2. The van der Waals surface area contributed by atoms with E-state index in [4.69, 9.17) is 0 Å². The second-order valence-corrected chi connectivity index (χ2v) is 11.9. The predicted octanol–water partition coefficient (Wildman–Crippen LogP) is 2.77. The van der Waals surface area contributed by atoms with Crippen LogP contribution in [0, 0.1) is 11.8 Å². The number of nitrogens with one attached hydrogen (secondary N) is 2. The molecular formula is C24H34N4O3S2. The molecule has 1 saturated heterocycles. The van der Waals surface area contributed by atoms with Crippen molar-refractivity contribution in [1.82, 2.24) is 14.9 Å². The minimum absolute atomic E-state index is 0.0464. The first-order valence-electron chi connectivity index (χ1n) is 11.8. The topological polar surface area (TPSA) is 81.8 Å². The number of hydrogen-bond acceptors (Lipinski definition) is 6. The Labute approximate surface area is 201 Å². The van der Waals surface area contributed by atoms with Gasteiger partial charge in [-0.1, -0.05) is 24.3 Å². The summed E-state index contributed by atoms with van der Waals surface area (Å²) in [5.74, 6) is 0.491. The molecule has 2 aromatic rings. The molecule has 2 N–H and O–H groups in total. The van der Waals surface area contributed by atoms with Gasteiger partial charge in [-0.25, -0.2) is 13.1 Å². The average molecular weight is 491 g/mol. The maximum Gasteiger partial charge on any atom is 0.250 e. The Morgan fingerprint density at radius 2 is 1.70 bits per heavy atom. The lowest BCUT2D eigenvalue weighted by Gasteiger charge is -2.36. The molecule has 0 bridgehead atoms. The van der Waals surface area contributed by atoms with Crippen molar-refractivity contribution in [3.63, 3.8) is 0 Å². The summed E-state index contributed by atoms with van der Waals surface area (Å²) in [5.41, 5.74) is 1.28. The highest BCUT2D eigenvalue weighted by Gasteiger charge is 2.27. The number of thiophene rings is 1. The third-order valence-corrected chi connectivity index (χ3v) is 9.58. The van der Waals surface area contributed by atoms with E-state index >= 15 is 0 Å². The molecule has 33 heavy (non-hydrogen) atoms. The first-order valence-corrected chi connectivity index (χ1v) is 14.2. The van der Waals surface area contributed by atoms with Crippen LogP contribution >= 0.6 is 11.3 Å². The molecule has 4 rings (SSSR count). The second-order valence-electron chi connectivity index (χ2n) is 8.96. The van der Waals surface area contributed by atoms with Gasteiger partial charge in [0.25, 0.3) is 0 Å². The highest BCUT2D eigenvalue weighted by molar-refractivity contribution is 7.91. The standard InChI is InChI=1S/C24H34N4O3S2/c29-24(25-12-13-27-14-16-28(17-15-27)22-5-2-1-3-6-22)21-10-8-20(9-11-21)19-26-33(30,31)23-7-4-18-32-23/h1-7,18,20-21,26H,8-17,19H2,(H,25,29). The number of hydrogen-bond donors (Lipinski definition) is 2. The van der Waals surface area contributed by atoms with Gasteiger partial charge in [0.05, 0.1) is 0 Å². The first kappa shape index (κ1) is 24.2. The summed E-state index contributed by atoms with van der Waals surface area (Å²) < 4.78 is 27.6. The number of amides is 1. The molecule has 9 heteroatoms. The van der Waals surface area contributed by atoms with Crippen molar-refractivity contribution in [2.45, 2.75) is 29.9 Å². The number of anilines is 1.